The minimum absolute atomic E-state index is 0.183. The lowest BCUT2D eigenvalue weighted by Crippen LogP contribution is -2.34. The molecule has 0 amide bonds. The highest BCUT2D eigenvalue weighted by atomic mass is 79.9. The van der Waals surface area contributed by atoms with Crippen LogP contribution in [0.1, 0.15) is 17.3 Å². The summed E-state index contributed by atoms with van der Waals surface area (Å²) in [4.78, 5) is 12.0. The van der Waals surface area contributed by atoms with Crippen LogP contribution in [-0.4, -0.2) is 25.6 Å². The summed E-state index contributed by atoms with van der Waals surface area (Å²) in [7, 11) is 0. The lowest BCUT2D eigenvalue weighted by atomic mass is 10.1. The number of carbonyl (C=O) groups excluding carboxylic acids is 1. The first-order valence-electron chi connectivity index (χ1n) is 4.94. The van der Waals surface area contributed by atoms with Crippen LogP contribution in [0.3, 0.4) is 0 Å². The number of alkyl halides is 3. The maximum atomic E-state index is 12.4. The highest BCUT2D eigenvalue weighted by Gasteiger charge is 2.31. The molecule has 0 aliphatic rings. The summed E-state index contributed by atoms with van der Waals surface area (Å²) >= 11 is 3.17. The van der Waals surface area contributed by atoms with Gasteiger partial charge in [0.1, 0.15) is 6.54 Å². The molecule has 0 aliphatic heterocycles. The molecule has 0 bridgehead atoms. The van der Waals surface area contributed by atoms with E-state index in [0.717, 1.165) is 4.90 Å². The Balaban J connectivity index is 3.07. The van der Waals surface area contributed by atoms with Crippen molar-refractivity contribution in [3.8, 4) is 0 Å². The maximum Gasteiger partial charge on any atom is 0.405 e. The number of rotatable bonds is 4. The van der Waals surface area contributed by atoms with E-state index in [9.17, 15) is 18.0 Å². The molecule has 94 valence electrons. The standard InChI is InChI=1S/C11H11BrF3NO/c1-2-16(7-11(13,14)15)10-4-3-9(12)5-8(10)6-17/h3-6H,2,7H2,1H3. The average Bonchev–Trinajstić information content (AvgIpc) is 2.24. The zero-order valence-corrected chi connectivity index (χ0v) is 10.7. The van der Waals surface area contributed by atoms with Crippen LogP contribution < -0.4 is 4.90 Å². The van der Waals surface area contributed by atoms with Gasteiger partial charge in [-0.2, -0.15) is 13.2 Å². The summed E-state index contributed by atoms with van der Waals surface area (Å²) < 4.78 is 37.7. The van der Waals surface area contributed by atoms with Gasteiger partial charge in [-0.05, 0) is 25.1 Å². The van der Waals surface area contributed by atoms with E-state index in [4.69, 9.17) is 0 Å². The summed E-state index contributed by atoms with van der Waals surface area (Å²) in [5.74, 6) is 0. The quantitative estimate of drug-likeness (QED) is 0.791. The first-order chi connectivity index (χ1) is 7.87. The molecule has 2 nitrogen and oxygen atoms in total. The molecule has 0 fully saturated rings. The zero-order chi connectivity index (χ0) is 13.1. The van der Waals surface area contributed by atoms with Crippen molar-refractivity contribution in [3.05, 3.63) is 28.2 Å². The minimum atomic E-state index is -4.29. The van der Waals surface area contributed by atoms with Crippen molar-refractivity contribution in [2.45, 2.75) is 13.1 Å². The van der Waals surface area contributed by atoms with E-state index in [0.29, 0.717) is 16.4 Å². The normalized spacial score (nSPS) is 11.4. The van der Waals surface area contributed by atoms with Crippen molar-refractivity contribution in [1.82, 2.24) is 0 Å². The topological polar surface area (TPSA) is 20.3 Å². The molecule has 1 aromatic carbocycles. The molecule has 0 atom stereocenters. The fourth-order valence-corrected chi connectivity index (χ4v) is 1.87. The number of aldehydes is 1. The van der Waals surface area contributed by atoms with Crippen LogP contribution >= 0.6 is 15.9 Å². The molecule has 0 unspecified atom stereocenters. The van der Waals surface area contributed by atoms with Gasteiger partial charge < -0.3 is 4.90 Å². The van der Waals surface area contributed by atoms with Crippen LogP contribution in [0.4, 0.5) is 18.9 Å². The molecule has 0 spiro atoms. The molecule has 0 radical (unpaired) electrons. The van der Waals surface area contributed by atoms with Gasteiger partial charge in [0.2, 0.25) is 0 Å². The molecule has 17 heavy (non-hydrogen) atoms. The highest BCUT2D eigenvalue weighted by Crippen LogP contribution is 2.26. The van der Waals surface area contributed by atoms with Crippen LogP contribution in [0, 0.1) is 0 Å². The predicted molar refractivity (Wildman–Crippen MR) is 63.5 cm³/mol. The maximum absolute atomic E-state index is 12.4. The number of benzene rings is 1. The van der Waals surface area contributed by atoms with Crippen molar-refractivity contribution in [1.29, 1.82) is 0 Å². The second-order valence-electron chi connectivity index (χ2n) is 3.45. The molecule has 0 aliphatic carbocycles. The minimum Gasteiger partial charge on any atom is -0.362 e. The molecule has 0 N–H and O–H groups in total. The van der Waals surface area contributed by atoms with Gasteiger partial charge in [-0.1, -0.05) is 15.9 Å². The van der Waals surface area contributed by atoms with E-state index in [-0.39, 0.29) is 12.1 Å². The van der Waals surface area contributed by atoms with Gasteiger partial charge in [-0.25, -0.2) is 0 Å². The van der Waals surface area contributed by atoms with Gasteiger partial charge in [-0.15, -0.1) is 0 Å². The Labute approximate surface area is 106 Å². The summed E-state index contributed by atoms with van der Waals surface area (Å²) in [6, 6.07) is 4.62. The van der Waals surface area contributed by atoms with Crippen LogP contribution in [0.15, 0.2) is 22.7 Å². The van der Waals surface area contributed by atoms with Gasteiger partial charge in [0.25, 0.3) is 0 Å². The van der Waals surface area contributed by atoms with Crippen molar-refractivity contribution >= 4 is 27.9 Å². The van der Waals surface area contributed by atoms with E-state index in [1.54, 1.807) is 13.0 Å². The Morgan fingerprint density at radius 1 is 1.41 bits per heavy atom. The van der Waals surface area contributed by atoms with E-state index < -0.39 is 12.7 Å². The molecule has 1 aromatic rings. The number of hydrogen-bond acceptors (Lipinski definition) is 2. The monoisotopic (exact) mass is 309 g/mol. The summed E-state index contributed by atoms with van der Waals surface area (Å²) in [6.07, 6.45) is -3.73. The van der Waals surface area contributed by atoms with Crippen molar-refractivity contribution in [3.63, 3.8) is 0 Å². The van der Waals surface area contributed by atoms with Crippen molar-refractivity contribution in [2.24, 2.45) is 0 Å². The lowest BCUT2D eigenvalue weighted by Gasteiger charge is -2.25. The lowest BCUT2D eigenvalue weighted by molar-refractivity contribution is -0.119. The molecule has 0 saturated heterocycles. The first-order valence-corrected chi connectivity index (χ1v) is 5.73. The molecule has 0 aromatic heterocycles. The Morgan fingerprint density at radius 2 is 2.06 bits per heavy atom. The molecule has 0 saturated carbocycles. The van der Waals surface area contributed by atoms with Gasteiger partial charge >= 0.3 is 6.18 Å². The van der Waals surface area contributed by atoms with E-state index >= 15 is 0 Å². The summed E-state index contributed by atoms with van der Waals surface area (Å²) in [5.41, 5.74) is 0.536. The molecule has 1 rings (SSSR count). The van der Waals surface area contributed by atoms with E-state index in [1.807, 2.05) is 0 Å². The Kier molecular flexibility index (Phi) is 4.56. The smallest absolute Gasteiger partial charge is 0.362 e. The molecular weight excluding hydrogens is 299 g/mol. The number of hydrogen-bond donors (Lipinski definition) is 0. The van der Waals surface area contributed by atoms with Crippen LogP contribution in [0.5, 0.6) is 0 Å². The highest BCUT2D eigenvalue weighted by molar-refractivity contribution is 9.10. The third-order valence-electron chi connectivity index (χ3n) is 2.21. The first kappa shape index (κ1) is 14.0. The van der Waals surface area contributed by atoms with Gasteiger partial charge in [-0.3, -0.25) is 4.79 Å². The number of anilines is 1. The third-order valence-corrected chi connectivity index (χ3v) is 2.70. The summed E-state index contributed by atoms with van der Waals surface area (Å²) in [6.45, 7) is 0.732. The Bertz CT molecular complexity index is 406. The van der Waals surface area contributed by atoms with Crippen molar-refractivity contribution in [2.75, 3.05) is 18.0 Å². The Hall–Kier alpha value is -1.04. The van der Waals surface area contributed by atoms with Crippen molar-refractivity contribution < 1.29 is 18.0 Å². The second kappa shape index (κ2) is 5.53. The van der Waals surface area contributed by atoms with Crippen LogP contribution in [-0.2, 0) is 0 Å². The molecule has 0 heterocycles. The predicted octanol–water partition coefficient (Wildman–Crippen LogP) is 3.65. The second-order valence-corrected chi connectivity index (χ2v) is 4.37. The van der Waals surface area contributed by atoms with E-state index in [1.165, 1.54) is 12.1 Å². The number of carbonyl (C=O) groups is 1. The fraction of sp³-hybridized carbons (Fsp3) is 0.364. The number of halogens is 4. The average molecular weight is 310 g/mol. The van der Waals surface area contributed by atoms with Gasteiger partial charge in [0, 0.05) is 22.3 Å². The Morgan fingerprint density at radius 3 is 2.53 bits per heavy atom. The number of nitrogens with zero attached hydrogens (tertiary/aromatic N) is 1. The molecular formula is C11H11BrF3NO. The summed E-state index contributed by atoms with van der Waals surface area (Å²) in [5, 5.41) is 0. The van der Waals surface area contributed by atoms with Gasteiger partial charge in [0.15, 0.2) is 6.29 Å². The zero-order valence-electron chi connectivity index (χ0n) is 9.09. The fourth-order valence-electron chi connectivity index (χ4n) is 1.49. The third kappa shape index (κ3) is 4.03. The van der Waals surface area contributed by atoms with Gasteiger partial charge in [0.05, 0.1) is 0 Å². The van der Waals surface area contributed by atoms with Crippen LogP contribution in [0.2, 0.25) is 0 Å². The molecule has 6 heteroatoms. The SMILES string of the molecule is CCN(CC(F)(F)F)c1ccc(Br)cc1C=O. The van der Waals surface area contributed by atoms with Crippen LogP contribution in [0.25, 0.3) is 0 Å². The largest absolute Gasteiger partial charge is 0.405 e. The van der Waals surface area contributed by atoms with E-state index in [2.05, 4.69) is 15.9 Å².